The zero-order valence-corrected chi connectivity index (χ0v) is 49.1. The maximum atomic E-state index is 12.1. The molecule has 6 aliphatic rings. The van der Waals surface area contributed by atoms with E-state index in [0.717, 1.165) is 89.6 Å². The predicted octanol–water partition coefficient (Wildman–Crippen LogP) is 17.6. The number of amides is 2. The number of anilines is 2. The number of nitrogens with one attached hydrogen (secondary N) is 2. The van der Waals surface area contributed by atoms with Gasteiger partial charge in [0.15, 0.2) is 0 Å². The Hall–Kier alpha value is -5.77. The maximum Gasteiger partial charge on any atom is 0.221 e. The Kier molecular flexibility index (Phi) is 13.6. The molecule has 13 rings (SSSR count). The van der Waals surface area contributed by atoms with Crippen molar-refractivity contribution in [1.82, 2.24) is 4.98 Å². The number of aldehydes is 2. The standard InChI is InChI=1S/C23H25NO2.C21H21N.C12H10BrNO.C11H15BrO/c1-14(26)24-21-16-8-6-5-7-15(16)9-10-17(21)20-18(13-25)19-11-12-23(20,4)22(19,2)3;1-20(2)17-10-11-21(20,3)18-15-9-8-13-6-4-5-7-14(13)19(15)22-12-16(17)18;1-8(15)14-12-10-5-3-2-4-9(10)6-7-11(12)13;1-10(2)8-4-5-11(10,3)9(12)7(8)6-13/h5-10,13,19H,11-12H2,1-4H3,(H,24,26);4-9,12,17H,10-11H2,1-3H3;2-7H,1H3,(H,14,15);6,8H,4-5H2,1-3H3/t19-,23+;17-,21+;;8-,11+/m11.1/s1. The van der Waals surface area contributed by atoms with E-state index < -0.39 is 0 Å². The molecule has 1 aromatic heterocycles. The fourth-order valence-corrected chi connectivity index (χ4v) is 16.8. The summed E-state index contributed by atoms with van der Waals surface area (Å²) >= 11 is 7.03. The molecule has 6 aliphatic carbocycles. The average molecular weight is 1140 g/mol. The van der Waals surface area contributed by atoms with Gasteiger partial charge in [0.2, 0.25) is 11.8 Å². The van der Waals surface area contributed by atoms with Crippen LogP contribution in [0.5, 0.6) is 0 Å². The second-order valence-corrected chi connectivity index (χ2v) is 26.4. The Morgan fingerprint density at radius 1 is 0.526 bits per heavy atom. The van der Waals surface area contributed by atoms with E-state index >= 15 is 0 Å². The van der Waals surface area contributed by atoms with Crippen LogP contribution in [0.15, 0.2) is 135 Å². The van der Waals surface area contributed by atoms with Crippen LogP contribution < -0.4 is 10.6 Å². The van der Waals surface area contributed by atoms with Gasteiger partial charge in [0.1, 0.15) is 12.6 Å². The molecule has 76 heavy (non-hydrogen) atoms. The number of allylic oxidation sites excluding steroid dienone is 4. The van der Waals surface area contributed by atoms with Gasteiger partial charge in [-0.2, -0.15) is 0 Å². The van der Waals surface area contributed by atoms with Crippen molar-refractivity contribution >= 4 is 116 Å². The van der Waals surface area contributed by atoms with Gasteiger partial charge in [0.25, 0.3) is 0 Å². The van der Waals surface area contributed by atoms with E-state index in [1.165, 1.54) is 66.8 Å². The summed E-state index contributed by atoms with van der Waals surface area (Å²) in [6.07, 6.45) is 11.4. The highest BCUT2D eigenvalue weighted by molar-refractivity contribution is 9.11. The van der Waals surface area contributed by atoms with Gasteiger partial charge in [-0.25, -0.2) is 0 Å². The van der Waals surface area contributed by atoms with Crippen LogP contribution >= 0.6 is 31.9 Å². The lowest BCUT2D eigenvalue weighted by Gasteiger charge is -2.38. The van der Waals surface area contributed by atoms with Gasteiger partial charge in [-0.05, 0) is 144 Å². The summed E-state index contributed by atoms with van der Waals surface area (Å²) in [7, 11) is 0. The summed E-state index contributed by atoms with van der Waals surface area (Å²) in [6, 6.07) is 37.3. The molecule has 0 unspecified atom stereocenters. The van der Waals surface area contributed by atoms with E-state index in [2.05, 4.69) is 160 Å². The Balaban J connectivity index is 0.000000119. The second kappa shape index (κ2) is 19.3. The lowest BCUT2D eigenvalue weighted by Crippen LogP contribution is -2.31. The van der Waals surface area contributed by atoms with E-state index in [4.69, 9.17) is 4.98 Å². The predicted molar refractivity (Wildman–Crippen MR) is 321 cm³/mol. The van der Waals surface area contributed by atoms with Crippen LogP contribution in [-0.2, 0) is 24.6 Å². The third-order valence-electron chi connectivity index (χ3n) is 20.7. The monoisotopic (exact) mass is 1140 g/mol. The van der Waals surface area contributed by atoms with Crippen molar-refractivity contribution in [2.75, 3.05) is 10.6 Å². The number of hydrogen-bond acceptors (Lipinski definition) is 5. The molecular weight excluding hydrogens is 1070 g/mol. The van der Waals surface area contributed by atoms with Crippen LogP contribution in [0.25, 0.3) is 48.8 Å². The summed E-state index contributed by atoms with van der Waals surface area (Å²) in [5, 5.41) is 14.1. The number of aromatic nitrogens is 1. The lowest BCUT2D eigenvalue weighted by molar-refractivity contribution is -0.115. The molecule has 2 amide bonds. The molecule has 0 radical (unpaired) electrons. The molecule has 6 bridgehead atoms. The number of carbonyl (C=O) groups excluding carboxylic acids is 4. The SMILES string of the molecule is CC(=O)Nc1c(Br)ccc2ccccc12.CC(=O)Nc1c(C2=C(C=O)[C@H]3CC[C@]2(C)C3(C)C)ccc2ccccc12.CC1(C)[C@@H]2CC[C@@]1(C)C(Br)=C2C=O.CC1(C)[C@@H]2CC[C@@]1(C)c1c2cnc2c1ccc1ccccc12. The van der Waals surface area contributed by atoms with Crippen molar-refractivity contribution in [3.8, 4) is 0 Å². The Morgan fingerprint density at radius 3 is 1.55 bits per heavy atom. The number of pyridine rings is 1. The molecule has 3 fully saturated rings. The zero-order valence-electron chi connectivity index (χ0n) is 45.9. The largest absolute Gasteiger partial charge is 0.325 e. The maximum absolute atomic E-state index is 12.1. The number of rotatable bonds is 5. The summed E-state index contributed by atoms with van der Waals surface area (Å²) in [4.78, 5) is 50.9. The quantitative estimate of drug-likeness (QED) is 0.132. The molecule has 2 N–H and O–H groups in total. The van der Waals surface area contributed by atoms with Crippen LogP contribution in [0.1, 0.15) is 137 Å². The van der Waals surface area contributed by atoms with Crippen LogP contribution in [0.3, 0.4) is 0 Å². The van der Waals surface area contributed by atoms with Crippen LogP contribution in [0.2, 0.25) is 0 Å². The minimum Gasteiger partial charge on any atom is -0.325 e. The van der Waals surface area contributed by atoms with Gasteiger partial charge in [0.05, 0.1) is 16.9 Å². The molecule has 6 aromatic carbocycles. The molecule has 9 heteroatoms. The van der Waals surface area contributed by atoms with Crippen molar-refractivity contribution in [2.24, 2.45) is 38.9 Å². The fourth-order valence-electron chi connectivity index (χ4n) is 15.3. The van der Waals surface area contributed by atoms with Crippen molar-refractivity contribution in [3.63, 3.8) is 0 Å². The van der Waals surface area contributed by atoms with E-state index in [1.54, 1.807) is 5.56 Å². The van der Waals surface area contributed by atoms with E-state index in [-0.39, 0.29) is 44.8 Å². The topological polar surface area (TPSA) is 105 Å². The minimum atomic E-state index is -0.0941. The summed E-state index contributed by atoms with van der Waals surface area (Å²) in [5.74, 6) is 1.28. The second-order valence-electron chi connectivity index (χ2n) is 24.8. The van der Waals surface area contributed by atoms with Crippen molar-refractivity contribution in [3.05, 3.63) is 152 Å². The zero-order chi connectivity index (χ0) is 54.5. The van der Waals surface area contributed by atoms with Crippen LogP contribution in [-0.4, -0.2) is 29.4 Å². The van der Waals surface area contributed by atoms with Gasteiger partial charge >= 0.3 is 0 Å². The van der Waals surface area contributed by atoms with E-state index in [1.807, 2.05) is 60.7 Å². The molecule has 3 saturated carbocycles. The van der Waals surface area contributed by atoms with Crippen molar-refractivity contribution in [1.29, 1.82) is 0 Å². The first-order chi connectivity index (χ1) is 36.0. The molecule has 7 nitrogen and oxygen atoms in total. The number of carbonyl (C=O) groups is 4. The molecule has 0 spiro atoms. The number of nitrogens with zero attached hydrogens (tertiary/aromatic N) is 1. The van der Waals surface area contributed by atoms with Gasteiger partial charge in [-0.15, -0.1) is 0 Å². The van der Waals surface area contributed by atoms with E-state index in [0.29, 0.717) is 17.3 Å². The summed E-state index contributed by atoms with van der Waals surface area (Å²) in [6.45, 7) is 24.1. The molecule has 0 saturated heterocycles. The highest BCUT2D eigenvalue weighted by atomic mass is 79.9. The van der Waals surface area contributed by atoms with E-state index in [9.17, 15) is 19.2 Å². The Bertz CT molecular complexity index is 3640. The van der Waals surface area contributed by atoms with Gasteiger partial charge in [0, 0.05) is 67.1 Å². The number of benzene rings is 6. The highest BCUT2D eigenvalue weighted by Gasteiger charge is 2.62. The third-order valence-corrected chi connectivity index (χ3v) is 22.7. The first-order valence-corrected chi connectivity index (χ1v) is 28.7. The normalized spacial score (nSPS) is 26.4. The smallest absolute Gasteiger partial charge is 0.221 e. The fraction of sp³-hybridized carbons (Fsp3) is 0.388. The van der Waals surface area contributed by atoms with Crippen molar-refractivity contribution < 1.29 is 19.2 Å². The minimum absolute atomic E-state index is 0.0394. The molecule has 392 valence electrons. The first kappa shape index (κ1) is 53.6. The van der Waals surface area contributed by atoms with Crippen molar-refractivity contribution in [2.45, 2.75) is 126 Å². The molecule has 6 atom stereocenters. The first-order valence-electron chi connectivity index (χ1n) is 27.1. The number of hydrogen-bond donors (Lipinski definition) is 2. The number of halogens is 2. The Labute approximate surface area is 465 Å². The van der Waals surface area contributed by atoms with Gasteiger partial charge in [-0.3, -0.25) is 24.2 Å². The molecule has 1 heterocycles. The molecule has 7 aromatic rings. The summed E-state index contributed by atoms with van der Waals surface area (Å²) < 4.78 is 2.06. The molecule has 0 aliphatic heterocycles. The molecular formula is C67H71Br2N3O4. The van der Waals surface area contributed by atoms with Gasteiger partial charge < -0.3 is 10.6 Å². The lowest BCUT2D eigenvalue weighted by atomic mass is 9.66. The average Bonchev–Trinajstić information content (AvgIpc) is 4.27. The van der Waals surface area contributed by atoms with Crippen LogP contribution in [0, 0.1) is 38.9 Å². The highest BCUT2D eigenvalue weighted by Crippen LogP contribution is 2.72. The summed E-state index contributed by atoms with van der Waals surface area (Å²) in [5.41, 5.74) is 11.1. The Morgan fingerprint density at radius 2 is 0.987 bits per heavy atom. The number of fused-ring (bicyclic) bond motifs is 15. The third kappa shape index (κ3) is 8.01. The van der Waals surface area contributed by atoms with Gasteiger partial charge in [-0.1, -0.05) is 181 Å². The van der Waals surface area contributed by atoms with Crippen LogP contribution in [0.4, 0.5) is 11.4 Å².